The summed E-state index contributed by atoms with van der Waals surface area (Å²) in [5, 5.41) is 14.5. The van der Waals surface area contributed by atoms with Crippen LogP contribution in [0.1, 0.15) is 59.3 Å². The number of hydrogen-bond acceptors (Lipinski definition) is 3. The van der Waals surface area contributed by atoms with Crippen LogP contribution in [0.5, 0.6) is 0 Å². The lowest BCUT2D eigenvalue weighted by Crippen LogP contribution is -2.58. The van der Waals surface area contributed by atoms with Gasteiger partial charge in [0.25, 0.3) is 0 Å². The predicted octanol–water partition coefficient (Wildman–Crippen LogP) is 2.28. The highest BCUT2D eigenvalue weighted by Gasteiger charge is 2.51. The van der Waals surface area contributed by atoms with E-state index in [-0.39, 0.29) is 5.41 Å². The van der Waals surface area contributed by atoms with Crippen molar-refractivity contribution in [1.29, 1.82) is 0 Å². The van der Waals surface area contributed by atoms with E-state index in [4.69, 9.17) is 5.73 Å². The van der Waals surface area contributed by atoms with Crippen LogP contribution in [-0.2, 0) is 0 Å². The van der Waals surface area contributed by atoms with Crippen LogP contribution in [0, 0.1) is 16.7 Å². The normalized spacial score (nSPS) is 36.2. The molecule has 0 aromatic carbocycles. The molecule has 1 aliphatic heterocycles. The highest BCUT2D eigenvalue weighted by atomic mass is 16.3. The second-order valence-electron chi connectivity index (χ2n) is 7.91. The molecule has 2 fully saturated rings. The third kappa shape index (κ3) is 2.84. The van der Waals surface area contributed by atoms with Crippen molar-refractivity contribution in [3.8, 4) is 0 Å². The molecule has 0 unspecified atom stereocenters. The minimum atomic E-state index is -0.532. The molecule has 0 aromatic heterocycles. The fourth-order valence-corrected chi connectivity index (χ4v) is 4.27. The summed E-state index contributed by atoms with van der Waals surface area (Å²) in [6, 6.07) is 0. The first-order chi connectivity index (χ1) is 8.83. The van der Waals surface area contributed by atoms with Crippen LogP contribution in [-0.4, -0.2) is 30.3 Å². The first-order valence-electron chi connectivity index (χ1n) is 7.96. The van der Waals surface area contributed by atoms with Gasteiger partial charge in [-0.15, -0.1) is 0 Å². The molecule has 1 aliphatic carbocycles. The summed E-state index contributed by atoms with van der Waals surface area (Å²) in [4.78, 5) is 0. The molecule has 0 amide bonds. The average Bonchev–Trinajstić information content (AvgIpc) is 2.38. The van der Waals surface area contributed by atoms with Gasteiger partial charge < -0.3 is 16.2 Å². The SMILES string of the molecule is CC(C)(C)C1CCC(CN)(C2(O)CCNCC2)CC1. The van der Waals surface area contributed by atoms with Crippen molar-refractivity contribution in [2.75, 3.05) is 19.6 Å². The molecule has 0 spiro atoms. The third-order valence-electron chi connectivity index (χ3n) is 5.98. The lowest BCUT2D eigenvalue weighted by Gasteiger charge is -2.53. The molecular formula is C16H32N2O. The van der Waals surface area contributed by atoms with Crippen molar-refractivity contribution in [3.63, 3.8) is 0 Å². The fourth-order valence-electron chi connectivity index (χ4n) is 4.27. The molecule has 2 rings (SSSR count). The highest BCUT2D eigenvalue weighted by Crippen LogP contribution is 2.52. The molecule has 1 saturated heterocycles. The zero-order valence-electron chi connectivity index (χ0n) is 13.0. The second-order valence-corrected chi connectivity index (χ2v) is 7.91. The van der Waals surface area contributed by atoms with Crippen LogP contribution in [0.4, 0.5) is 0 Å². The Morgan fingerprint density at radius 1 is 1.11 bits per heavy atom. The molecule has 0 aromatic rings. The average molecular weight is 268 g/mol. The molecular weight excluding hydrogens is 236 g/mol. The fraction of sp³-hybridized carbons (Fsp3) is 1.00. The van der Waals surface area contributed by atoms with Gasteiger partial charge in [-0.1, -0.05) is 20.8 Å². The molecule has 19 heavy (non-hydrogen) atoms. The van der Waals surface area contributed by atoms with E-state index in [0.29, 0.717) is 12.0 Å². The Labute approximate surface area is 118 Å². The smallest absolute Gasteiger partial charge is 0.0739 e. The Bertz CT molecular complexity index is 294. The first-order valence-corrected chi connectivity index (χ1v) is 7.96. The standard InChI is InChI=1S/C16H32N2O/c1-14(2,3)13-4-6-15(12-17,7-5-13)16(19)8-10-18-11-9-16/h13,18-19H,4-12,17H2,1-3H3. The van der Waals surface area contributed by atoms with Crippen LogP contribution in [0.15, 0.2) is 0 Å². The molecule has 1 heterocycles. The number of nitrogens with one attached hydrogen (secondary N) is 1. The van der Waals surface area contributed by atoms with E-state index in [9.17, 15) is 5.11 Å². The number of aliphatic hydroxyl groups is 1. The molecule has 112 valence electrons. The van der Waals surface area contributed by atoms with Crippen molar-refractivity contribution in [2.24, 2.45) is 22.5 Å². The molecule has 0 radical (unpaired) electrons. The Morgan fingerprint density at radius 2 is 1.63 bits per heavy atom. The second kappa shape index (κ2) is 5.34. The molecule has 0 atom stereocenters. The summed E-state index contributed by atoms with van der Waals surface area (Å²) in [5.74, 6) is 0.775. The maximum Gasteiger partial charge on any atom is 0.0739 e. The summed E-state index contributed by atoms with van der Waals surface area (Å²) >= 11 is 0. The number of hydrogen-bond donors (Lipinski definition) is 3. The van der Waals surface area contributed by atoms with Gasteiger partial charge in [0.05, 0.1) is 5.60 Å². The van der Waals surface area contributed by atoms with Gasteiger partial charge in [-0.3, -0.25) is 0 Å². The first kappa shape index (κ1) is 15.3. The van der Waals surface area contributed by atoms with Crippen LogP contribution in [0.3, 0.4) is 0 Å². The van der Waals surface area contributed by atoms with Gasteiger partial charge in [-0.05, 0) is 62.9 Å². The minimum Gasteiger partial charge on any atom is -0.389 e. The van der Waals surface area contributed by atoms with E-state index in [1.165, 1.54) is 12.8 Å². The van der Waals surface area contributed by atoms with E-state index < -0.39 is 5.60 Å². The van der Waals surface area contributed by atoms with Crippen LogP contribution in [0.2, 0.25) is 0 Å². The van der Waals surface area contributed by atoms with Crippen molar-refractivity contribution in [1.82, 2.24) is 5.32 Å². The third-order valence-corrected chi connectivity index (χ3v) is 5.98. The minimum absolute atomic E-state index is 0.0309. The Hall–Kier alpha value is -0.120. The summed E-state index contributed by atoms with van der Waals surface area (Å²) in [5.41, 5.74) is 5.95. The number of nitrogens with two attached hydrogens (primary N) is 1. The zero-order chi connectivity index (χ0) is 14.1. The van der Waals surface area contributed by atoms with E-state index in [0.717, 1.165) is 44.7 Å². The Kier molecular flexibility index (Phi) is 4.29. The van der Waals surface area contributed by atoms with Gasteiger partial charge in [0.2, 0.25) is 0 Å². The molecule has 4 N–H and O–H groups in total. The number of piperidine rings is 1. The van der Waals surface area contributed by atoms with Crippen molar-refractivity contribution >= 4 is 0 Å². The van der Waals surface area contributed by atoms with Crippen molar-refractivity contribution in [2.45, 2.75) is 64.9 Å². The maximum atomic E-state index is 11.1. The van der Waals surface area contributed by atoms with Crippen LogP contribution < -0.4 is 11.1 Å². The van der Waals surface area contributed by atoms with Gasteiger partial charge in [-0.25, -0.2) is 0 Å². The number of rotatable bonds is 2. The zero-order valence-corrected chi connectivity index (χ0v) is 13.0. The van der Waals surface area contributed by atoms with Gasteiger partial charge in [0.15, 0.2) is 0 Å². The van der Waals surface area contributed by atoms with Gasteiger partial charge in [-0.2, -0.15) is 0 Å². The largest absolute Gasteiger partial charge is 0.389 e. The van der Waals surface area contributed by atoms with E-state index in [1.54, 1.807) is 0 Å². The quantitative estimate of drug-likeness (QED) is 0.720. The Balaban J connectivity index is 2.09. The van der Waals surface area contributed by atoms with Crippen molar-refractivity contribution < 1.29 is 5.11 Å². The lowest BCUT2D eigenvalue weighted by atomic mass is 9.56. The predicted molar refractivity (Wildman–Crippen MR) is 80.0 cm³/mol. The monoisotopic (exact) mass is 268 g/mol. The summed E-state index contributed by atoms with van der Waals surface area (Å²) < 4.78 is 0. The summed E-state index contributed by atoms with van der Waals surface area (Å²) in [6.07, 6.45) is 6.37. The molecule has 2 aliphatic rings. The van der Waals surface area contributed by atoms with E-state index in [2.05, 4.69) is 26.1 Å². The van der Waals surface area contributed by atoms with E-state index in [1.807, 2.05) is 0 Å². The maximum absolute atomic E-state index is 11.1. The van der Waals surface area contributed by atoms with Gasteiger partial charge in [0.1, 0.15) is 0 Å². The Morgan fingerprint density at radius 3 is 2.05 bits per heavy atom. The topological polar surface area (TPSA) is 58.3 Å². The molecule has 3 heteroatoms. The van der Waals surface area contributed by atoms with E-state index >= 15 is 0 Å². The molecule has 0 bridgehead atoms. The van der Waals surface area contributed by atoms with Gasteiger partial charge >= 0.3 is 0 Å². The van der Waals surface area contributed by atoms with Gasteiger partial charge in [0, 0.05) is 12.0 Å². The summed E-state index contributed by atoms with van der Waals surface area (Å²) in [7, 11) is 0. The summed E-state index contributed by atoms with van der Waals surface area (Å²) in [6.45, 7) is 9.52. The van der Waals surface area contributed by atoms with Crippen molar-refractivity contribution in [3.05, 3.63) is 0 Å². The molecule has 3 nitrogen and oxygen atoms in total. The van der Waals surface area contributed by atoms with Crippen LogP contribution in [0.25, 0.3) is 0 Å². The highest BCUT2D eigenvalue weighted by molar-refractivity contribution is 5.04. The molecule has 1 saturated carbocycles. The van der Waals surface area contributed by atoms with Crippen LogP contribution >= 0.6 is 0 Å². The lowest BCUT2D eigenvalue weighted by molar-refractivity contribution is -0.126.